The molecule has 24 heavy (non-hydrogen) atoms. The van der Waals surface area contributed by atoms with Crippen LogP contribution >= 0.6 is 0 Å². The molecule has 0 unspecified atom stereocenters. The van der Waals surface area contributed by atoms with Crippen LogP contribution < -0.4 is 0 Å². The van der Waals surface area contributed by atoms with Crippen LogP contribution in [-0.4, -0.2) is 19.7 Å². The first kappa shape index (κ1) is 14.6. The van der Waals surface area contributed by atoms with Crippen LogP contribution in [0.4, 0.5) is 4.39 Å². The summed E-state index contributed by atoms with van der Waals surface area (Å²) < 4.78 is 20.6. The maximum atomic E-state index is 13.3. The molecule has 4 aromatic rings. The highest BCUT2D eigenvalue weighted by molar-refractivity contribution is 5.80. The Labute approximate surface area is 137 Å². The van der Waals surface area contributed by atoms with Gasteiger partial charge in [0, 0.05) is 12.1 Å². The number of nitrogens with zero attached hydrogens (tertiary/aromatic N) is 4. The number of aryl methyl sites for hydroxylation is 1. The van der Waals surface area contributed by atoms with Gasteiger partial charge < -0.3 is 9.09 Å². The Morgan fingerprint density at radius 1 is 1.17 bits per heavy atom. The van der Waals surface area contributed by atoms with Gasteiger partial charge in [-0.2, -0.15) is 4.98 Å². The van der Waals surface area contributed by atoms with Gasteiger partial charge in [0.05, 0.1) is 23.8 Å². The molecule has 2 aromatic carbocycles. The molecular formula is C18H15FN4O. The SMILES string of the molecule is CCn1cnc2ccc(-c3noc(Cc4cccc(F)c4)n3)cc21. The standard InChI is InChI=1S/C18H15FN4O/c1-2-23-11-20-15-7-6-13(10-16(15)23)18-21-17(24-22-18)9-12-4-3-5-14(19)8-12/h3-8,10-11H,2,9H2,1H3. The number of aromatic nitrogens is 4. The van der Waals surface area contributed by atoms with E-state index < -0.39 is 0 Å². The van der Waals surface area contributed by atoms with Crippen molar-refractivity contribution in [2.45, 2.75) is 19.9 Å². The van der Waals surface area contributed by atoms with Crippen molar-refractivity contribution in [3.8, 4) is 11.4 Å². The lowest BCUT2D eigenvalue weighted by Crippen LogP contribution is -1.91. The van der Waals surface area contributed by atoms with Crippen molar-refractivity contribution < 1.29 is 8.91 Å². The topological polar surface area (TPSA) is 56.7 Å². The average molecular weight is 322 g/mol. The van der Waals surface area contributed by atoms with E-state index in [0.717, 1.165) is 28.7 Å². The predicted molar refractivity (Wildman–Crippen MR) is 87.9 cm³/mol. The van der Waals surface area contributed by atoms with Gasteiger partial charge in [-0.3, -0.25) is 0 Å². The van der Waals surface area contributed by atoms with E-state index >= 15 is 0 Å². The molecule has 0 aliphatic heterocycles. The molecule has 0 atom stereocenters. The minimum atomic E-state index is -0.273. The van der Waals surface area contributed by atoms with Crippen molar-refractivity contribution in [1.29, 1.82) is 0 Å². The van der Waals surface area contributed by atoms with Crippen LogP contribution in [0, 0.1) is 5.82 Å². The fourth-order valence-electron chi connectivity index (χ4n) is 2.71. The summed E-state index contributed by atoms with van der Waals surface area (Å²) in [6.07, 6.45) is 2.22. The Bertz CT molecular complexity index is 1010. The number of hydrogen-bond acceptors (Lipinski definition) is 4. The van der Waals surface area contributed by atoms with Gasteiger partial charge in [0.2, 0.25) is 11.7 Å². The molecule has 0 fully saturated rings. The van der Waals surface area contributed by atoms with Crippen LogP contribution in [0.15, 0.2) is 53.3 Å². The molecule has 0 aliphatic carbocycles. The van der Waals surface area contributed by atoms with Gasteiger partial charge in [-0.25, -0.2) is 9.37 Å². The molecule has 5 nitrogen and oxygen atoms in total. The van der Waals surface area contributed by atoms with Gasteiger partial charge >= 0.3 is 0 Å². The van der Waals surface area contributed by atoms with Crippen LogP contribution in [0.1, 0.15) is 18.4 Å². The highest BCUT2D eigenvalue weighted by atomic mass is 19.1. The summed E-state index contributed by atoms with van der Waals surface area (Å²) in [5.41, 5.74) is 3.63. The van der Waals surface area contributed by atoms with Gasteiger partial charge in [-0.1, -0.05) is 17.3 Å². The third-order valence-corrected chi connectivity index (χ3v) is 3.93. The molecule has 0 spiro atoms. The number of hydrogen-bond donors (Lipinski definition) is 0. The Kier molecular flexibility index (Phi) is 3.57. The van der Waals surface area contributed by atoms with Gasteiger partial charge in [-0.05, 0) is 42.8 Å². The lowest BCUT2D eigenvalue weighted by atomic mass is 10.1. The molecule has 4 rings (SSSR count). The van der Waals surface area contributed by atoms with Crippen LogP contribution in [-0.2, 0) is 13.0 Å². The summed E-state index contributed by atoms with van der Waals surface area (Å²) in [7, 11) is 0. The van der Waals surface area contributed by atoms with Crippen molar-refractivity contribution in [2.75, 3.05) is 0 Å². The lowest BCUT2D eigenvalue weighted by molar-refractivity contribution is 0.385. The molecule has 0 bridgehead atoms. The molecular weight excluding hydrogens is 307 g/mol. The van der Waals surface area contributed by atoms with E-state index in [1.54, 1.807) is 6.07 Å². The number of halogens is 1. The number of imidazole rings is 1. The second-order valence-electron chi connectivity index (χ2n) is 5.55. The zero-order valence-electron chi connectivity index (χ0n) is 13.1. The van der Waals surface area contributed by atoms with E-state index in [2.05, 4.69) is 26.6 Å². The van der Waals surface area contributed by atoms with Gasteiger partial charge in [0.25, 0.3) is 0 Å². The average Bonchev–Trinajstić information content (AvgIpc) is 3.20. The number of benzene rings is 2. The first-order chi connectivity index (χ1) is 11.7. The highest BCUT2D eigenvalue weighted by Gasteiger charge is 2.11. The second kappa shape index (κ2) is 5.88. The predicted octanol–water partition coefficient (Wildman–Crippen LogP) is 3.84. The van der Waals surface area contributed by atoms with Crippen molar-refractivity contribution in [3.63, 3.8) is 0 Å². The smallest absolute Gasteiger partial charge is 0.231 e. The van der Waals surface area contributed by atoms with Gasteiger partial charge in [0.15, 0.2) is 0 Å². The quantitative estimate of drug-likeness (QED) is 0.573. The molecule has 0 aliphatic rings. The fourth-order valence-corrected chi connectivity index (χ4v) is 2.71. The largest absolute Gasteiger partial charge is 0.339 e. The van der Waals surface area contributed by atoms with E-state index in [-0.39, 0.29) is 5.82 Å². The molecule has 0 N–H and O–H groups in total. The first-order valence-electron chi connectivity index (χ1n) is 7.75. The minimum absolute atomic E-state index is 0.273. The summed E-state index contributed by atoms with van der Waals surface area (Å²) in [5, 5.41) is 4.04. The van der Waals surface area contributed by atoms with E-state index in [9.17, 15) is 4.39 Å². The van der Waals surface area contributed by atoms with E-state index in [4.69, 9.17) is 4.52 Å². The Hall–Kier alpha value is -3.02. The van der Waals surface area contributed by atoms with Crippen LogP contribution in [0.2, 0.25) is 0 Å². The maximum Gasteiger partial charge on any atom is 0.231 e. The zero-order chi connectivity index (χ0) is 16.5. The fraction of sp³-hybridized carbons (Fsp3) is 0.167. The Morgan fingerprint density at radius 3 is 2.92 bits per heavy atom. The van der Waals surface area contributed by atoms with Crippen LogP contribution in [0.25, 0.3) is 22.4 Å². The molecule has 0 saturated carbocycles. The first-order valence-corrected chi connectivity index (χ1v) is 7.75. The van der Waals surface area contributed by atoms with Crippen LogP contribution in [0.3, 0.4) is 0 Å². The van der Waals surface area contributed by atoms with E-state index in [1.165, 1.54) is 12.1 Å². The molecule has 0 radical (unpaired) electrons. The molecule has 0 saturated heterocycles. The van der Waals surface area contributed by atoms with E-state index in [0.29, 0.717) is 18.1 Å². The van der Waals surface area contributed by atoms with E-state index in [1.807, 2.05) is 30.6 Å². The lowest BCUT2D eigenvalue weighted by Gasteiger charge is -2.00. The minimum Gasteiger partial charge on any atom is -0.339 e. The summed E-state index contributed by atoms with van der Waals surface area (Å²) in [6.45, 7) is 2.91. The maximum absolute atomic E-state index is 13.3. The normalized spacial score (nSPS) is 11.2. The third-order valence-electron chi connectivity index (χ3n) is 3.93. The second-order valence-corrected chi connectivity index (χ2v) is 5.55. The number of fused-ring (bicyclic) bond motifs is 1. The monoisotopic (exact) mass is 322 g/mol. The molecule has 120 valence electrons. The molecule has 2 aromatic heterocycles. The van der Waals surface area contributed by atoms with Gasteiger partial charge in [-0.15, -0.1) is 0 Å². The zero-order valence-corrected chi connectivity index (χ0v) is 13.1. The van der Waals surface area contributed by atoms with Gasteiger partial charge in [0.1, 0.15) is 5.82 Å². The number of rotatable bonds is 4. The Morgan fingerprint density at radius 2 is 2.08 bits per heavy atom. The van der Waals surface area contributed by atoms with Crippen molar-refractivity contribution in [1.82, 2.24) is 19.7 Å². The van der Waals surface area contributed by atoms with Crippen molar-refractivity contribution >= 4 is 11.0 Å². The molecule has 6 heteroatoms. The summed E-state index contributed by atoms with van der Waals surface area (Å²) in [5.74, 6) is 0.706. The highest BCUT2D eigenvalue weighted by Crippen LogP contribution is 2.22. The summed E-state index contributed by atoms with van der Waals surface area (Å²) >= 11 is 0. The third kappa shape index (κ3) is 2.67. The Balaban J connectivity index is 1.64. The van der Waals surface area contributed by atoms with Crippen molar-refractivity contribution in [3.05, 3.63) is 66.1 Å². The van der Waals surface area contributed by atoms with Crippen molar-refractivity contribution in [2.24, 2.45) is 0 Å². The molecule has 2 heterocycles. The summed E-state index contributed by atoms with van der Waals surface area (Å²) in [4.78, 5) is 8.78. The molecule has 0 amide bonds. The summed E-state index contributed by atoms with van der Waals surface area (Å²) in [6, 6.07) is 12.2. The van der Waals surface area contributed by atoms with Crippen LogP contribution in [0.5, 0.6) is 0 Å².